The molecule has 2 aliphatic rings. The summed E-state index contributed by atoms with van der Waals surface area (Å²) in [5, 5.41) is 9.11. The van der Waals surface area contributed by atoms with Crippen molar-refractivity contribution in [1.82, 2.24) is 24.8 Å². The van der Waals surface area contributed by atoms with E-state index in [4.69, 9.17) is 4.52 Å². The Kier molecular flexibility index (Phi) is 3.88. The second-order valence-electron chi connectivity index (χ2n) is 7.09. The van der Waals surface area contributed by atoms with Gasteiger partial charge < -0.3 is 14.7 Å². The fraction of sp³-hybridized carbons (Fsp3) is 0.529. The van der Waals surface area contributed by atoms with Crippen LogP contribution in [0.4, 0.5) is 5.95 Å². The number of carbonyl (C=O) groups excluding carboxylic acids is 1. The van der Waals surface area contributed by atoms with Crippen LogP contribution in [0.5, 0.6) is 0 Å². The Morgan fingerprint density at radius 3 is 3.12 bits per heavy atom. The van der Waals surface area contributed by atoms with E-state index in [2.05, 4.69) is 25.3 Å². The number of nitrogens with zero attached hydrogens (tertiary/aromatic N) is 5. The summed E-state index contributed by atoms with van der Waals surface area (Å²) in [4.78, 5) is 24.3. The predicted octanol–water partition coefficient (Wildman–Crippen LogP) is 2.30. The molecule has 3 aromatic heterocycles. The first kappa shape index (κ1) is 15.8. The second kappa shape index (κ2) is 6.39. The lowest BCUT2D eigenvalue weighted by Gasteiger charge is -2.31. The number of rotatable bonds is 5. The molecule has 8 nitrogen and oxygen atoms in total. The number of hydrogen-bond acceptors (Lipinski definition) is 7. The van der Waals surface area contributed by atoms with E-state index in [1.165, 1.54) is 11.3 Å². The summed E-state index contributed by atoms with van der Waals surface area (Å²) in [6.45, 7) is 2.40. The molecule has 1 aliphatic heterocycles. The zero-order valence-electron chi connectivity index (χ0n) is 14.3. The third-order valence-corrected chi connectivity index (χ3v) is 5.81. The van der Waals surface area contributed by atoms with Gasteiger partial charge in [-0.15, -0.1) is 11.3 Å². The quantitative estimate of drug-likeness (QED) is 0.739. The van der Waals surface area contributed by atoms with Gasteiger partial charge in [-0.3, -0.25) is 9.20 Å². The molecule has 0 spiro atoms. The molecule has 0 radical (unpaired) electrons. The van der Waals surface area contributed by atoms with Crippen LogP contribution in [0, 0.1) is 5.92 Å². The number of anilines is 1. The second-order valence-corrected chi connectivity index (χ2v) is 7.96. The van der Waals surface area contributed by atoms with Gasteiger partial charge in [-0.05, 0) is 36.8 Å². The monoisotopic (exact) mass is 372 g/mol. The molecule has 1 saturated carbocycles. The van der Waals surface area contributed by atoms with Crippen molar-refractivity contribution in [3.05, 3.63) is 29.4 Å². The summed E-state index contributed by atoms with van der Waals surface area (Å²) in [7, 11) is 0. The van der Waals surface area contributed by atoms with Gasteiger partial charge in [-0.1, -0.05) is 0 Å². The number of carbonyl (C=O) groups is 1. The number of imidazole rings is 1. The van der Waals surface area contributed by atoms with Crippen LogP contribution in [0.25, 0.3) is 4.96 Å². The summed E-state index contributed by atoms with van der Waals surface area (Å²) >= 11 is 1.52. The third-order valence-electron chi connectivity index (χ3n) is 5.04. The van der Waals surface area contributed by atoms with Crippen molar-refractivity contribution < 1.29 is 9.32 Å². The number of amides is 1. The maximum Gasteiger partial charge on any atom is 0.271 e. The van der Waals surface area contributed by atoms with Crippen LogP contribution in [-0.4, -0.2) is 45.1 Å². The Bertz CT molecular complexity index is 898. The lowest BCUT2D eigenvalue weighted by atomic mass is 9.98. The van der Waals surface area contributed by atoms with E-state index in [0.29, 0.717) is 30.0 Å². The minimum absolute atomic E-state index is 0.117. The molecule has 26 heavy (non-hydrogen) atoms. The standard InChI is InChI=1S/C17H20N6O2S/c24-14(13-10-23-6-7-26-17(23)19-13)18-8-11-2-1-5-22(9-11)16-20-15(25-21-16)12-3-4-12/h6-7,10-12H,1-5,8-9H2,(H,18,24). The van der Waals surface area contributed by atoms with Gasteiger partial charge in [0.25, 0.3) is 11.9 Å². The first-order chi connectivity index (χ1) is 12.8. The molecular formula is C17H20N6O2S. The van der Waals surface area contributed by atoms with Crippen LogP contribution < -0.4 is 10.2 Å². The first-order valence-electron chi connectivity index (χ1n) is 9.05. The van der Waals surface area contributed by atoms with Gasteiger partial charge in [0.2, 0.25) is 5.89 Å². The van der Waals surface area contributed by atoms with Crippen molar-refractivity contribution in [3.8, 4) is 0 Å². The number of fused-ring (bicyclic) bond motifs is 1. The smallest absolute Gasteiger partial charge is 0.271 e. The highest BCUT2D eigenvalue weighted by atomic mass is 32.1. The molecular weight excluding hydrogens is 352 g/mol. The third kappa shape index (κ3) is 3.07. The van der Waals surface area contributed by atoms with Gasteiger partial charge in [0.15, 0.2) is 4.96 Å². The van der Waals surface area contributed by atoms with Crippen molar-refractivity contribution in [1.29, 1.82) is 0 Å². The van der Waals surface area contributed by atoms with E-state index in [9.17, 15) is 4.79 Å². The lowest BCUT2D eigenvalue weighted by Crippen LogP contribution is -2.41. The molecule has 2 fully saturated rings. The van der Waals surface area contributed by atoms with Crippen molar-refractivity contribution in [2.75, 3.05) is 24.5 Å². The Balaban J connectivity index is 1.18. The van der Waals surface area contributed by atoms with Crippen LogP contribution in [0.15, 0.2) is 22.3 Å². The topological polar surface area (TPSA) is 88.6 Å². The number of thiazole rings is 1. The Morgan fingerprint density at radius 1 is 1.35 bits per heavy atom. The van der Waals surface area contributed by atoms with E-state index in [1.54, 1.807) is 6.20 Å². The van der Waals surface area contributed by atoms with Crippen molar-refractivity contribution in [2.45, 2.75) is 31.6 Å². The molecule has 1 N–H and O–H groups in total. The zero-order valence-corrected chi connectivity index (χ0v) is 15.1. The van der Waals surface area contributed by atoms with Gasteiger partial charge in [-0.2, -0.15) is 4.98 Å². The van der Waals surface area contributed by atoms with Gasteiger partial charge >= 0.3 is 0 Å². The van der Waals surface area contributed by atoms with Crippen LogP contribution >= 0.6 is 11.3 Å². The molecule has 1 unspecified atom stereocenters. The van der Waals surface area contributed by atoms with Gasteiger partial charge in [-0.25, -0.2) is 4.98 Å². The lowest BCUT2D eigenvalue weighted by molar-refractivity contribution is 0.0941. The normalized spacial score (nSPS) is 20.6. The summed E-state index contributed by atoms with van der Waals surface area (Å²) < 4.78 is 7.24. The van der Waals surface area contributed by atoms with Crippen LogP contribution in [0.3, 0.4) is 0 Å². The van der Waals surface area contributed by atoms with Crippen molar-refractivity contribution >= 4 is 28.2 Å². The van der Waals surface area contributed by atoms with Crippen molar-refractivity contribution in [3.63, 3.8) is 0 Å². The summed E-state index contributed by atoms with van der Waals surface area (Å²) in [6.07, 6.45) is 8.14. The van der Waals surface area contributed by atoms with E-state index in [0.717, 1.165) is 49.6 Å². The number of nitrogens with one attached hydrogen (secondary N) is 1. The Hall–Kier alpha value is -2.42. The van der Waals surface area contributed by atoms with Crippen molar-refractivity contribution in [2.24, 2.45) is 5.92 Å². The van der Waals surface area contributed by atoms with E-state index >= 15 is 0 Å². The van der Waals surface area contributed by atoms with E-state index in [1.807, 2.05) is 16.0 Å². The van der Waals surface area contributed by atoms with Crippen LogP contribution in [0.1, 0.15) is 48.0 Å². The zero-order chi connectivity index (χ0) is 17.5. The van der Waals surface area contributed by atoms with Gasteiger partial charge in [0.05, 0.1) is 0 Å². The Morgan fingerprint density at radius 2 is 2.27 bits per heavy atom. The number of hydrogen-bond donors (Lipinski definition) is 1. The molecule has 3 aromatic rings. The predicted molar refractivity (Wildman–Crippen MR) is 96.6 cm³/mol. The highest BCUT2D eigenvalue weighted by Gasteiger charge is 2.31. The molecule has 9 heteroatoms. The average molecular weight is 372 g/mol. The molecule has 1 amide bonds. The Labute approximate surface area is 154 Å². The molecule has 1 aliphatic carbocycles. The molecule has 0 aromatic carbocycles. The average Bonchev–Trinajstić information content (AvgIpc) is 3.07. The molecule has 136 valence electrons. The van der Waals surface area contributed by atoms with Crippen LogP contribution in [0.2, 0.25) is 0 Å². The highest BCUT2D eigenvalue weighted by Crippen LogP contribution is 2.39. The largest absolute Gasteiger partial charge is 0.350 e. The van der Waals surface area contributed by atoms with Crippen LogP contribution in [-0.2, 0) is 0 Å². The first-order valence-corrected chi connectivity index (χ1v) is 9.93. The van der Waals surface area contributed by atoms with Gasteiger partial charge in [0, 0.05) is 43.3 Å². The minimum Gasteiger partial charge on any atom is -0.350 e. The SMILES string of the molecule is O=C(NCC1CCCN(c2noc(C3CC3)n2)C1)c1cn2ccsc2n1. The van der Waals surface area contributed by atoms with E-state index in [-0.39, 0.29) is 5.91 Å². The molecule has 1 saturated heterocycles. The van der Waals surface area contributed by atoms with E-state index < -0.39 is 0 Å². The maximum absolute atomic E-state index is 12.4. The molecule has 4 heterocycles. The maximum atomic E-state index is 12.4. The van der Waals surface area contributed by atoms with Gasteiger partial charge in [0.1, 0.15) is 5.69 Å². The fourth-order valence-corrected chi connectivity index (χ4v) is 4.13. The summed E-state index contributed by atoms with van der Waals surface area (Å²) in [6, 6.07) is 0. The number of piperidine rings is 1. The fourth-order valence-electron chi connectivity index (χ4n) is 3.43. The minimum atomic E-state index is -0.117. The molecule has 1 atom stereocenters. The highest BCUT2D eigenvalue weighted by molar-refractivity contribution is 7.15. The summed E-state index contributed by atoms with van der Waals surface area (Å²) in [5.74, 6) is 2.20. The molecule has 0 bridgehead atoms. The molecule has 5 rings (SSSR count). The summed E-state index contributed by atoms with van der Waals surface area (Å²) in [5.41, 5.74) is 0.469. The number of aromatic nitrogens is 4.